The summed E-state index contributed by atoms with van der Waals surface area (Å²) in [6.07, 6.45) is 3.63. The Balaban J connectivity index is 1.14. The number of fused-ring (bicyclic) bond motifs is 1. The minimum Gasteiger partial charge on any atom is -0.508 e. The fraction of sp³-hybridized carbons (Fsp3) is 0.452. The van der Waals surface area contributed by atoms with Gasteiger partial charge in [0, 0.05) is 82.7 Å². The van der Waals surface area contributed by atoms with Crippen molar-refractivity contribution in [1.82, 2.24) is 62.2 Å². The second-order valence-electron chi connectivity index (χ2n) is 26.7. The van der Waals surface area contributed by atoms with E-state index in [-0.39, 0.29) is 114 Å². The smallest absolute Gasteiger partial charge is 0.312 e. The lowest BCUT2D eigenvalue weighted by Gasteiger charge is -2.33. The van der Waals surface area contributed by atoms with Crippen LogP contribution in [0.4, 0.5) is 4.79 Å². The van der Waals surface area contributed by atoms with Crippen molar-refractivity contribution >= 4 is 99.3 Å². The number of benzene rings is 4. The van der Waals surface area contributed by atoms with Crippen LogP contribution in [0.25, 0.3) is 10.8 Å². The number of rotatable bonds is 38. The summed E-state index contributed by atoms with van der Waals surface area (Å²) >= 11 is 6.28. The monoisotopic (exact) mass is 1470 g/mol. The SMILES string of the molecule is CC(C)CC(NC(=O)C(CCCNC(N)=O)NC(=O)C(Cc1ccc(O)cc1)N(C)C(=O)C(CO)NC(=O)C(Cc1cccnc1)NC(=O)C(Cc1ccc(Cl)cc1)NC(=O)C(Cc1ccc2ccccc2c1)N1CCCC1=O)C(=O)NC(CCCN=C(N)N)C(=O)N1CCCC1C(=O)NC(C)C(N)=O. The number of guanidine groups is 1. The maximum absolute atomic E-state index is 15.1. The molecule has 2 fully saturated rings. The molecule has 0 bridgehead atoms. The van der Waals surface area contributed by atoms with E-state index in [1.54, 1.807) is 50.2 Å². The third kappa shape index (κ3) is 24.6. The van der Waals surface area contributed by atoms with Crippen molar-refractivity contribution in [3.05, 3.63) is 143 Å². The highest BCUT2D eigenvalue weighted by Crippen LogP contribution is 2.25. The number of carbonyl (C=O) groups is 12. The first kappa shape index (κ1) is 81.3. The maximum Gasteiger partial charge on any atom is 0.312 e. The summed E-state index contributed by atoms with van der Waals surface area (Å²) < 4.78 is 0. The number of carbonyl (C=O) groups excluding carboxylic acids is 12. The first-order chi connectivity index (χ1) is 50.1. The number of phenolic OH excluding ortho intramolecular Hbond substituents is 1. The molecular formula is C73H96ClN17O14. The standard InChI is InChI=1S/C73H96ClN17O14/c1-42(2)34-54(64(97)84-53(16-9-30-80-72(76)77)71(104)91-33-10-17-58(91)67(100)82-43(3)62(75)95)85-63(96)52(15-8-31-81-73(78)105)83-68(101)59(38-45-22-27-51(93)28-23-45)89(4)70(103)57(41-92)88-66(99)56(37-47-12-7-29-79-40-47)86-65(98)55(36-44-20-25-50(74)26-21-44)87-69(102)60(90-32-11-18-61(90)94)39-46-19-24-48-13-5-6-14-49(48)35-46/h5-7,12-14,19-29,35,40,42-43,52-60,92-93H,8-11,15-18,30-34,36-39,41H2,1-4H3,(H2,75,95)(H,82,100)(H,83,101)(H,84,97)(H,85,96)(H,86,98)(H,87,102)(H,88,99)(H4,76,77,80)(H3,78,81,105). The van der Waals surface area contributed by atoms with Gasteiger partial charge >= 0.3 is 6.03 Å². The number of aromatic hydroxyl groups is 1. The van der Waals surface area contributed by atoms with E-state index in [4.69, 9.17) is 34.5 Å². The van der Waals surface area contributed by atoms with Gasteiger partial charge in [-0.3, -0.25) is 62.7 Å². The molecule has 5 aromatic rings. The average molecular weight is 1470 g/mol. The number of pyridine rings is 1. The van der Waals surface area contributed by atoms with E-state index in [2.05, 4.69) is 52.5 Å². The van der Waals surface area contributed by atoms with Gasteiger partial charge in [-0.25, -0.2) is 4.79 Å². The van der Waals surface area contributed by atoms with Crippen molar-refractivity contribution in [2.24, 2.45) is 33.8 Å². The van der Waals surface area contributed by atoms with E-state index < -0.39 is 132 Å². The van der Waals surface area contributed by atoms with Crippen molar-refractivity contribution in [3.63, 3.8) is 0 Å². The second kappa shape index (κ2) is 39.6. The molecule has 0 saturated carbocycles. The summed E-state index contributed by atoms with van der Waals surface area (Å²) in [4.78, 5) is 181. The molecule has 0 radical (unpaired) electrons. The first-order valence-corrected chi connectivity index (χ1v) is 35.3. The highest BCUT2D eigenvalue weighted by molar-refractivity contribution is 6.30. The number of likely N-dealkylation sites (N-methyl/N-ethyl adjacent to an activating group) is 1. The predicted molar refractivity (Wildman–Crippen MR) is 390 cm³/mol. The van der Waals surface area contributed by atoms with E-state index in [9.17, 15) is 53.4 Å². The number of primary amides is 2. The Morgan fingerprint density at radius 3 is 1.85 bits per heavy atom. The highest BCUT2D eigenvalue weighted by Gasteiger charge is 2.42. The summed E-state index contributed by atoms with van der Waals surface area (Å²) in [5.74, 6) is -9.22. The number of nitrogens with two attached hydrogens (primary N) is 4. The minimum absolute atomic E-state index is 0.00470. The molecule has 105 heavy (non-hydrogen) atoms. The van der Waals surface area contributed by atoms with Crippen LogP contribution in [0.3, 0.4) is 0 Å². The van der Waals surface area contributed by atoms with Crippen LogP contribution in [0.15, 0.2) is 121 Å². The van der Waals surface area contributed by atoms with Gasteiger partial charge in [0.2, 0.25) is 65.0 Å². The van der Waals surface area contributed by atoms with Gasteiger partial charge in [-0.2, -0.15) is 0 Å². The van der Waals surface area contributed by atoms with Crippen molar-refractivity contribution in [3.8, 4) is 5.75 Å². The number of likely N-dealkylation sites (tertiary alicyclic amines) is 2. The van der Waals surface area contributed by atoms with Gasteiger partial charge < -0.3 is 90.4 Å². The van der Waals surface area contributed by atoms with E-state index in [1.807, 2.05) is 42.5 Å². The molecule has 1 aromatic heterocycles. The third-order valence-corrected chi connectivity index (χ3v) is 18.5. The van der Waals surface area contributed by atoms with E-state index in [1.165, 1.54) is 60.4 Å². The van der Waals surface area contributed by atoms with Crippen molar-refractivity contribution in [2.45, 2.75) is 165 Å². The molecule has 4 aromatic carbocycles. The molecule has 10 atom stereocenters. The number of nitrogens with one attached hydrogen (secondary N) is 8. The lowest BCUT2D eigenvalue weighted by atomic mass is 9.99. The van der Waals surface area contributed by atoms with Crippen LogP contribution in [0.2, 0.25) is 5.02 Å². The molecule has 10 unspecified atom stereocenters. The van der Waals surface area contributed by atoms with Gasteiger partial charge in [-0.1, -0.05) is 98.2 Å². The van der Waals surface area contributed by atoms with Gasteiger partial charge in [0.25, 0.3) is 0 Å². The molecule has 0 spiro atoms. The van der Waals surface area contributed by atoms with Gasteiger partial charge in [0.05, 0.1) is 6.61 Å². The summed E-state index contributed by atoms with van der Waals surface area (Å²) in [7, 11) is 1.21. The maximum atomic E-state index is 15.1. The molecule has 2 saturated heterocycles. The Kier molecular flexibility index (Phi) is 30.7. The predicted octanol–water partition coefficient (Wildman–Crippen LogP) is 0.113. The molecule has 564 valence electrons. The number of phenols is 1. The topological polar surface area (TPSA) is 481 Å². The molecule has 2 aliphatic rings. The van der Waals surface area contributed by atoms with Crippen LogP contribution < -0.4 is 65.5 Å². The van der Waals surface area contributed by atoms with Gasteiger partial charge in [0.15, 0.2) is 5.96 Å². The molecule has 3 heterocycles. The molecule has 7 rings (SSSR count). The zero-order chi connectivity index (χ0) is 76.4. The van der Waals surface area contributed by atoms with E-state index in [0.29, 0.717) is 41.1 Å². The highest BCUT2D eigenvalue weighted by atomic mass is 35.5. The van der Waals surface area contributed by atoms with Crippen LogP contribution in [0.5, 0.6) is 5.75 Å². The largest absolute Gasteiger partial charge is 0.508 e. The second-order valence-corrected chi connectivity index (χ2v) is 27.1. The minimum atomic E-state index is -1.83. The average Bonchev–Trinajstić information content (AvgIpc) is 1.74. The summed E-state index contributed by atoms with van der Waals surface area (Å²) in [5, 5.41) is 45.0. The van der Waals surface area contributed by atoms with E-state index >= 15 is 14.4 Å². The zero-order valence-corrected chi connectivity index (χ0v) is 60.0. The number of aliphatic hydroxyl groups excluding tert-OH is 1. The van der Waals surface area contributed by atoms with E-state index in [0.717, 1.165) is 21.2 Å². The lowest BCUT2D eigenvalue weighted by molar-refractivity contribution is -0.144. The van der Waals surface area contributed by atoms with Crippen LogP contribution in [0.1, 0.15) is 101 Å². The number of aromatic nitrogens is 1. The number of hydrogen-bond donors (Lipinski definition) is 14. The Morgan fingerprint density at radius 1 is 0.629 bits per heavy atom. The molecule has 0 aliphatic carbocycles. The Labute approximate surface area is 613 Å². The Morgan fingerprint density at radius 2 is 1.22 bits per heavy atom. The van der Waals surface area contributed by atoms with Crippen molar-refractivity contribution < 1.29 is 67.7 Å². The summed E-state index contributed by atoms with van der Waals surface area (Å²) in [6.45, 7) is 4.24. The van der Waals surface area contributed by atoms with Gasteiger partial charge in [-0.15, -0.1) is 0 Å². The first-order valence-electron chi connectivity index (χ1n) is 35.0. The quantitative estimate of drug-likeness (QED) is 0.0142. The molecule has 13 amide bonds. The molecule has 31 nitrogen and oxygen atoms in total. The third-order valence-electron chi connectivity index (χ3n) is 18.2. The van der Waals surface area contributed by atoms with Crippen LogP contribution >= 0.6 is 11.6 Å². The molecule has 2 aliphatic heterocycles. The van der Waals surface area contributed by atoms with Crippen LogP contribution in [0, 0.1) is 5.92 Å². The number of aliphatic imine (C=N–C) groups is 1. The summed E-state index contributed by atoms with van der Waals surface area (Å²) in [5.41, 5.74) is 24.1. The van der Waals surface area contributed by atoms with Crippen molar-refractivity contribution in [1.29, 1.82) is 0 Å². The number of aliphatic hydroxyl groups is 1. The summed E-state index contributed by atoms with van der Waals surface area (Å²) in [6, 6.07) is 14.2. The molecule has 32 heteroatoms. The lowest BCUT2D eigenvalue weighted by Crippen LogP contribution is -2.62. The number of nitrogens with zero attached hydrogens (tertiary/aromatic N) is 5. The number of urea groups is 1. The van der Waals surface area contributed by atoms with Crippen molar-refractivity contribution in [2.75, 3.05) is 39.8 Å². The normalized spacial score (nSPS) is 16.0. The van der Waals surface area contributed by atoms with Gasteiger partial charge in [-0.05, 0) is 128 Å². The fourth-order valence-electron chi connectivity index (χ4n) is 12.6. The number of hydrogen-bond acceptors (Lipinski definition) is 16. The molecular weight excluding hydrogens is 1370 g/mol. The Bertz CT molecular complexity index is 3900. The molecule has 18 N–H and O–H groups in total. The number of amides is 13. The number of halogens is 1. The van der Waals surface area contributed by atoms with Crippen LogP contribution in [-0.4, -0.2) is 207 Å². The Hall–Kier alpha value is -10.9. The zero-order valence-electron chi connectivity index (χ0n) is 59.3. The fourth-order valence-corrected chi connectivity index (χ4v) is 12.7. The van der Waals surface area contributed by atoms with Crippen LogP contribution in [-0.2, 0) is 78.4 Å². The van der Waals surface area contributed by atoms with Gasteiger partial charge in [0.1, 0.15) is 66.2 Å².